The van der Waals surface area contributed by atoms with Crippen LogP contribution in [0.5, 0.6) is 0 Å². The largest absolute Gasteiger partial charge is 0.444 e. The van der Waals surface area contributed by atoms with E-state index in [9.17, 15) is 4.79 Å². The van der Waals surface area contributed by atoms with Gasteiger partial charge >= 0.3 is 6.09 Å². The van der Waals surface area contributed by atoms with Crippen molar-refractivity contribution in [1.82, 2.24) is 5.32 Å². The minimum absolute atomic E-state index is 0.0175. The van der Waals surface area contributed by atoms with Gasteiger partial charge in [-0.05, 0) is 57.8 Å². The van der Waals surface area contributed by atoms with Crippen LogP contribution in [0, 0.1) is 11.3 Å². The van der Waals surface area contributed by atoms with Crippen LogP contribution in [0.1, 0.15) is 66.7 Å². The molecule has 0 aromatic heterocycles. The summed E-state index contributed by atoms with van der Waals surface area (Å²) in [5.74, 6) is 0.807. The molecule has 1 atom stereocenters. The van der Waals surface area contributed by atoms with Crippen molar-refractivity contribution in [2.24, 2.45) is 17.1 Å². The van der Waals surface area contributed by atoms with Crippen molar-refractivity contribution in [3.05, 3.63) is 0 Å². The molecule has 1 aliphatic carbocycles. The number of nitrogens with one attached hydrogen (secondary N) is 1. The highest BCUT2D eigenvalue weighted by atomic mass is 16.6. The number of alkyl carbamates (subject to hydrolysis) is 1. The molecule has 0 aliphatic heterocycles. The molecule has 20 heavy (non-hydrogen) atoms. The van der Waals surface area contributed by atoms with Gasteiger partial charge in [0, 0.05) is 12.6 Å². The first kappa shape index (κ1) is 17.3. The topological polar surface area (TPSA) is 64.3 Å². The van der Waals surface area contributed by atoms with Crippen LogP contribution in [0.25, 0.3) is 0 Å². The van der Waals surface area contributed by atoms with Crippen molar-refractivity contribution in [3.63, 3.8) is 0 Å². The number of carbonyl (C=O) groups excluding carboxylic acids is 1. The normalized spacial score (nSPS) is 27.6. The zero-order chi connectivity index (χ0) is 15.4. The lowest BCUT2D eigenvalue weighted by Gasteiger charge is -2.48. The minimum atomic E-state index is -0.463. The van der Waals surface area contributed by atoms with E-state index in [2.05, 4.69) is 19.2 Å². The Morgan fingerprint density at radius 3 is 2.45 bits per heavy atom. The molecule has 0 saturated heterocycles. The van der Waals surface area contributed by atoms with Crippen LogP contribution in [0.3, 0.4) is 0 Å². The maximum Gasteiger partial charge on any atom is 0.407 e. The van der Waals surface area contributed by atoms with Gasteiger partial charge in [0.05, 0.1) is 0 Å². The van der Waals surface area contributed by atoms with Crippen LogP contribution in [0.4, 0.5) is 4.79 Å². The molecule has 0 aromatic rings. The van der Waals surface area contributed by atoms with Gasteiger partial charge < -0.3 is 15.8 Å². The summed E-state index contributed by atoms with van der Waals surface area (Å²) in [6, 6.07) is 0.0175. The zero-order valence-corrected chi connectivity index (χ0v) is 13.8. The maximum absolute atomic E-state index is 11.9. The molecule has 0 aromatic carbocycles. The second kappa shape index (κ2) is 6.79. The third-order valence-electron chi connectivity index (χ3n) is 4.03. The Hall–Kier alpha value is -0.770. The van der Waals surface area contributed by atoms with Gasteiger partial charge in [0.1, 0.15) is 5.60 Å². The fraction of sp³-hybridized carbons (Fsp3) is 0.938. The van der Waals surface area contributed by atoms with E-state index < -0.39 is 5.60 Å². The molecule has 1 amide bonds. The second-order valence-electron chi connectivity index (χ2n) is 7.55. The van der Waals surface area contributed by atoms with Gasteiger partial charge in [-0.2, -0.15) is 0 Å². The standard InChI is InChI=1S/C16H32N2O2/c1-6-7-16(8-12(2)9-16)10-13(11-17)18-14(19)20-15(3,4)5/h12-13H,6-11,17H2,1-5H3,(H,18,19). The summed E-state index contributed by atoms with van der Waals surface area (Å²) in [6.07, 6.45) is 5.55. The summed E-state index contributed by atoms with van der Waals surface area (Å²) in [7, 11) is 0. The summed E-state index contributed by atoms with van der Waals surface area (Å²) < 4.78 is 5.31. The second-order valence-corrected chi connectivity index (χ2v) is 7.55. The monoisotopic (exact) mass is 284 g/mol. The molecular formula is C16H32N2O2. The van der Waals surface area contributed by atoms with Crippen LogP contribution in [0.15, 0.2) is 0 Å². The summed E-state index contributed by atoms with van der Waals surface area (Å²) in [6.45, 7) is 10.6. The van der Waals surface area contributed by atoms with E-state index >= 15 is 0 Å². The SMILES string of the molecule is CCCC1(CC(CN)NC(=O)OC(C)(C)C)CC(C)C1. The smallest absolute Gasteiger partial charge is 0.407 e. The van der Waals surface area contributed by atoms with Crippen molar-refractivity contribution >= 4 is 6.09 Å². The van der Waals surface area contributed by atoms with Crippen LogP contribution >= 0.6 is 0 Å². The zero-order valence-electron chi connectivity index (χ0n) is 13.8. The summed E-state index contributed by atoms with van der Waals surface area (Å²) >= 11 is 0. The number of amides is 1. The summed E-state index contributed by atoms with van der Waals surface area (Å²) in [5, 5.41) is 2.93. The quantitative estimate of drug-likeness (QED) is 0.785. The van der Waals surface area contributed by atoms with E-state index in [0.29, 0.717) is 12.0 Å². The minimum Gasteiger partial charge on any atom is -0.444 e. The lowest BCUT2D eigenvalue weighted by Crippen LogP contribution is -2.48. The van der Waals surface area contributed by atoms with Gasteiger partial charge in [-0.25, -0.2) is 4.79 Å². The Bertz CT molecular complexity index is 311. The molecule has 0 spiro atoms. The average molecular weight is 284 g/mol. The number of ether oxygens (including phenoxy) is 1. The van der Waals surface area contributed by atoms with E-state index in [4.69, 9.17) is 10.5 Å². The fourth-order valence-electron chi connectivity index (χ4n) is 3.61. The van der Waals surface area contributed by atoms with E-state index in [1.807, 2.05) is 20.8 Å². The van der Waals surface area contributed by atoms with Crippen molar-refractivity contribution in [2.45, 2.75) is 78.4 Å². The lowest BCUT2D eigenvalue weighted by molar-refractivity contribution is 0.0258. The Balaban J connectivity index is 2.51. The summed E-state index contributed by atoms with van der Waals surface area (Å²) in [4.78, 5) is 11.9. The van der Waals surface area contributed by atoms with Crippen LogP contribution in [0.2, 0.25) is 0 Å². The first-order chi connectivity index (χ1) is 9.19. The number of hydrogen-bond acceptors (Lipinski definition) is 3. The molecule has 0 heterocycles. The fourth-order valence-corrected chi connectivity index (χ4v) is 3.61. The first-order valence-electron chi connectivity index (χ1n) is 7.89. The molecule has 1 aliphatic rings. The molecule has 1 rings (SSSR count). The predicted octanol–water partition coefficient (Wildman–Crippen LogP) is 3.44. The highest BCUT2D eigenvalue weighted by Gasteiger charge is 2.42. The van der Waals surface area contributed by atoms with Gasteiger partial charge in [0.25, 0.3) is 0 Å². The molecule has 1 fully saturated rings. The van der Waals surface area contributed by atoms with E-state index in [-0.39, 0.29) is 12.1 Å². The number of nitrogens with two attached hydrogens (primary N) is 1. The average Bonchev–Trinajstić information content (AvgIpc) is 2.23. The highest BCUT2D eigenvalue weighted by molar-refractivity contribution is 5.68. The molecule has 3 N–H and O–H groups in total. The summed E-state index contributed by atoms with van der Waals surface area (Å²) in [5.41, 5.74) is 5.75. The maximum atomic E-state index is 11.9. The number of hydrogen-bond donors (Lipinski definition) is 2. The van der Waals surface area contributed by atoms with Crippen molar-refractivity contribution < 1.29 is 9.53 Å². The highest BCUT2D eigenvalue weighted by Crippen LogP contribution is 2.51. The molecule has 118 valence electrons. The van der Waals surface area contributed by atoms with Crippen LogP contribution in [-0.4, -0.2) is 24.3 Å². The lowest BCUT2D eigenvalue weighted by atomic mass is 9.58. The van der Waals surface area contributed by atoms with Crippen LogP contribution < -0.4 is 11.1 Å². The molecule has 1 unspecified atom stereocenters. The van der Waals surface area contributed by atoms with E-state index in [0.717, 1.165) is 12.3 Å². The molecule has 4 nitrogen and oxygen atoms in total. The van der Waals surface area contributed by atoms with Crippen LogP contribution in [-0.2, 0) is 4.74 Å². The predicted molar refractivity (Wildman–Crippen MR) is 82.6 cm³/mol. The van der Waals surface area contributed by atoms with Gasteiger partial charge in [-0.15, -0.1) is 0 Å². The Morgan fingerprint density at radius 1 is 1.45 bits per heavy atom. The Labute approximate surface area is 123 Å². The van der Waals surface area contributed by atoms with E-state index in [1.54, 1.807) is 0 Å². The van der Waals surface area contributed by atoms with Gasteiger partial charge in [-0.1, -0.05) is 20.3 Å². The van der Waals surface area contributed by atoms with E-state index in [1.165, 1.54) is 25.7 Å². The third-order valence-corrected chi connectivity index (χ3v) is 4.03. The molecule has 4 heteroatoms. The van der Waals surface area contributed by atoms with Crippen molar-refractivity contribution in [2.75, 3.05) is 6.54 Å². The van der Waals surface area contributed by atoms with Gasteiger partial charge in [-0.3, -0.25) is 0 Å². The number of carbonyl (C=O) groups is 1. The van der Waals surface area contributed by atoms with Gasteiger partial charge in [0.2, 0.25) is 0 Å². The van der Waals surface area contributed by atoms with Crippen molar-refractivity contribution in [1.29, 1.82) is 0 Å². The first-order valence-corrected chi connectivity index (χ1v) is 7.89. The molecule has 1 saturated carbocycles. The molecule has 0 radical (unpaired) electrons. The molecule has 0 bridgehead atoms. The Morgan fingerprint density at radius 2 is 2.05 bits per heavy atom. The molecular weight excluding hydrogens is 252 g/mol. The third kappa shape index (κ3) is 5.31. The Kier molecular flexibility index (Phi) is 5.87. The number of rotatable bonds is 6. The van der Waals surface area contributed by atoms with Gasteiger partial charge in [0.15, 0.2) is 0 Å². The van der Waals surface area contributed by atoms with Crippen molar-refractivity contribution in [3.8, 4) is 0 Å².